The fourth-order valence-electron chi connectivity index (χ4n) is 4.14. The Morgan fingerprint density at radius 1 is 1.32 bits per heavy atom. The summed E-state index contributed by atoms with van der Waals surface area (Å²) in [5.41, 5.74) is 3.22. The molecule has 1 unspecified atom stereocenters. The number of rotatable bonds is 5. The Bertz CT molecular complexity index is 676. The fraction of sp³-hybridized carbons (Fsp3) is 0.524. The molecule has 1 aromatic rings. The number of carbonyl (C=O) groups is 2. The highest BCUT2D eigenvalue weighted by Crippen LogP contribution is 2.32. The lowest BCUT2D eigenvalue weighted by atomic mass is 10.0. The van der Waals surface area contributed by atoms with Crippen molar-refractivity contribution in [3.05, 3.63) is 42.0 Å². The van der Waals surface area contributed by atoms with Gasteiger partial charge in [-0.3, -0.25) is 9.59 Å². The lowest BCUT2D eigenvalue weighted by Crippen LogP contribution is -2.43. The molecule has 1 atom stereocenters. The summed E-state index contributed by atoms with van der Waals surface area (Å²) in [6.45, 7) is 8.96. The van der Waals surface area contributed by atoms with E-state index in [0.29, 0.717) is 25.6 Å². The van der Waals surface area contributed by atoms with Crippen molar-refractivity contribution in [1.82, 2.24) is 4.90 Å². The second-order valence-electron chi connectivity index (χ2n) is 7.34. The molecule has 1 aliphatic carbocycles. The lowest BCUT2D eigenvalue weighted by Gasteiger charge is -2.30. The van der Waals surface area contributed by atoms with Crippen LogP contribution in [0.1, 0.15) is 43.2 Å². The predicted octanol–water partition coefficient (Wildman–Crippen LogP) is 3.61. The smallest absolute Gasteiger partial charge is 0.228 e. The first-order valence-corrected chi connectivity index (χ1v) is 9.31. The van der Waals surface area contributed by atoms with Crippen molar-refractivity contribution in [3.8, 4) is 0 Å². The van der Waals surface area contributed by atoms with Crippen LogP contribution in [0.4, 0.5) is 5.69 Å². The molecule has 2 amide bonds. The van der Waals surface area contributed by atoms with Gasteiger partial charge in [0.25, 0.3) is 0 Å². The van der Waals surface area contributed by atoms with E-state index in [9.17, 15) is 9.59 Å². The summed E-state index contributed by atoms with van der Waals surface area (Å²) in [7, 11) is 0. The van der Waals surface area contributed by atoms with Gasteiger partial charge < -0.3 is 9.80 Å². The van der Waals surface area contributed by atoms with Gasteiger partial charge in [0.15, 0.2) is 0 Å². The Balaban J connectivity index is 1.77. The van der Waals surface area contributed by atoms with Crippen LogP contribution >= 0.6 is 0 Å². The maximum absolute atomic E-state index is 13.1. The zero-order valence-electron chi connectivity index (χ0n) is 15.3. The molecule has 4 nitrogen and oxygen atoms in total. The average molecular weight is 340 g/mol. The van der Waals surface area contributed by atoms with Gasteiger partial charge in [0.1, 0.15) is 0 Å². The normalized spacial score (nSPS) is 21.0. The minimum absolute atomic E-state index is 0.0528. The van der Waals surface area contributed by atoms with Gasteiger partial charge >= 0.3 is 0 Å². The van der Waals surface area contributed by atoms with E-state index in [1.807, 2.05) is 36.9 Å². The van der Waals surface area contributed by atoms with Crippen LogP contribution in [-0.2, 0) is 9.59 Å². The molecule has 1 saturated heterocycles. The van der Waals surface area contributed by atoms with E-state index in [4.69, 9.17) is 0 Å². The monoisotopic (exact) mass is 340 g/mol. The number of hydrogen-bond acceptors (Lipinski definition) is 2. The summed E-state index contributed by atoms with van der Waals surface area (Å²) in [6, 6.07) is 6.32. The molecule has 0 N–H and O–H groups in total. The van der Waals surface area contributed by atoms with Crippen LogP contribution in [0.5, 0.6) is 0 Å². The molecule has 0 spiro atoms. The minimum Gasteiger partial charge on any atom is -0.336 e. The van der Waals surface area contributed by atoms with Crippen LogP contribution in [0.3, 0.4) is 0 Å². The summed E-state index contributed by atoms with van der Waals surface area (Å²) in [5, 5.41) is 0. The Morgan fingerprint density at radius 2 is 2.04 bits per heavy atom. The highest BCUT2D eigenvalue weighted by atomic mass is 16.2. The van der Waals surface area contributed by atoms with Crippen molar-refractivity contribution >= 4 is 17.5 Å². The van der Waals surface area contributed by atoms with Crippen LogP contribution in [0.25, 0.3) is 0 Å². The van der Waals surface area contributed by atoms with Crippen LogP contribution < -0.4 is 4.90 Å². The van der Waals surface area contributed by atoms with Gasteiger partial charge in [-0.2, -0.15) is 0 Å². The molecule has 0 bridgehead atoms. The summed E-state index contributed by atoms with van der Waals surface area (Å²) >= 11 is 0. The first-order valence-electron chi connectivity index (χ1n) is 9.31. The molecule has 1 aliphatic heterocycles. The van der Waals surface area contributed by atoms with Crippen LogP contribution in [0, 0.1) is 19.8 Å². The van der Waals surface area contributed by atoms with Crippen molar-refractivity contribution in [2.45, 2.75) is 52.0 Å². The molecule has 2 fully saturated rings. The van der Waals surface area contributed by atoms with Crippen LogP contribution in [-0.4, -0.2) is 35.8 Å². The summed E-state index contributed by atoms with van der Waals surface area (Å²) in [6.07, 6.45) is 6.62. The second kappa shape index (κ2) is 7.42. The predicted molar refractivity (Wildman–Crippen MR) is 101 cm³/mol. The van der Waals surface area contributed by atoms with Gasteiger partial charge in [-0.15, -0.1) is 6.58 Å². The van der Waals surface area contributed by atoms with Gasteiger partial charge in [-0.05, 0) is 43.9 Å². The number of benzene rings is 1. The van der Waals surface area contributed by atoms with E-state index in [2.05, 4.69) is 6.58 Å². The van der Waals surface area contributed by atoms with Crippen LogP contribution in [0.2, 0.25) is 0 Å². The first kappa shape index (κ1) is 17.7. The number of nitrogens with zero attached hydrogens (tertiary/aromatic N) is 2. The quantitative estimate of drug-likeness (QED) is 0.768. The van der Waals surface area contributed by atoms with E-state index in [1.54, 1.807) is 11.0 Å². The lowest BCUT2D eigenvalue weighted by molar-refractivity contribution is -0.137. The third-order valence-electron chi connectivity index (χ3n) is 5.72. The highest BCUT2D eigenvalue weighted by Gasteiger charge is 2.39. The molecular weight excluding hydrogens is 312 g/mol. The van der Waals surface area contributed by atoms with Crippen molar-refractivity contribution in [1.29, 1.82) is 0 Å². The Kier molecular flexibility index (Phi) is 5.26. The fourth-order valence-corrected chi connectivity index (χ4v) is 4.14. The largest absolute Gasteiger partial charge is 0.336 e. The SMILES string of the molecule is C=CCN(C(=O)C1CC(=O)N(c2cccc(C)c2C)C1)C1CCCC1. The number of hydrogen-bond donors (Lipinski definition) is 0. The number of amides is 2. The van der Waals surface area contributed by atoms with E-state index >= 15 is 0 Å². The maximum Gasteiger partial charge on any atom is 0.228 e. The molecule has 1 heterocycles. The van der Waals surface area contributed by atoms with Gasteiger partial charge in [0.05, 0.1) is 5.92 Å². The molecule has 134 valence electrons. The molecule has 1 aromatic carbocycles. The molecule has 0 radical (unpaired) electrons. The summed E-state index contributed by atoms with van der Waals surface area (Å²) < 4.78 is 0. The number of anilines is 1. The third kappa shape index (κ3) is 3.48. The second-order valence-corrected chi connectivity index (χ2v) is 7.34. The van der Waals surface area contributed by atoms with E-state index in [1.165, 1.54) is 18.4 Å². The molecule has 4 heteroatoms. The van der Waals surface area contributed by atoms with E-state index in [-0.39, 0.29) is 17.7 Å². The molecule has 1 saturated carbocycles. The minimum atomic E-state index is -0.243. The molecule has 2 aliphatic rings. The molecule has 3 rings (SSSR count). The van der Waals surface area contributed by atoms with Crippen LogP contribution in [0.15, 0.2) is 30.9 Å². The van der Waals surface area contributed by atoms with E-state index in [0.717, 1.165) is 24.1 Å². The Morgan fingerprint density at radius 3 is 2.72 bits per heavy atom. The van der Waals surface area contributed by atoms with E-state index < -0.39 is 0 Å². The zero-order valence-corrected chi connectivity index (χ0v) is 15.3. The van der Waals surface area contributed by atoms with Crippen molar-refractivity contribution < 1.29 is 9.59 Å². The highest BCUT2D eigenvalue weighted by molar-refractivity contribution is 6.01. The number of aryl methyl sites for hydroxylation is 1. The third-order valence-corrected chi connectivity index (χ3v) is 5.72. The standard InChI is InChI=1S/C21H28N2O2/c1-4-12-22(18-9-5-6-10-18)21(25)17-13-20(24)23(14-17)19-11-7-8-15(2)16(19)3/h4,7-8,11,17-18H,1,5-6,9-10,12-14H2,2-3H3. The molecule has 25 heavy (non-hydrogen) atoms. The van der Waals surface area contributed by atoms with Gasteiger partial charge in [0.2, 0.25) is 11.8 Å². The van der Waals surface area contributed by atoms with Gasteiger partial charge in [-0.1, -0.05) is 31.1 Å². The summed E-state index contributed by atoms with van der Waals surface area (Å²) in [5.74, 6) is -0.0713. The van der Waals surface area contributed by atoms with Gasteiger partial charge in [-0.25, -0.2) is 0 Å². The van der Waals surface area contributed by atoms with Crippen molar-refractivity contribution in [2.75, 3.05) is 18.0 Å². The summed E-state index contributed by atoms with van der Waals surface area (Å²) in [4.78, 5) is 29.4. The molecule has 0 aromatic heterocycles. The number of carbonyl (C=O) groups excluding carboxylic acids is 2. The Hall–Kier alpha value is -2.10. The topological polar surface area (TPSA) is 40.6 Å². The van der Waals surface area contributed by atoms with Gasteiger partial charge in [0, 0.05) is 31.2 Å². The Labute approximate surface area is 150 Å². The zero-order chi connectivity index (χ0) is 18.0. The average Bonchev–Trinajstić information content (AvgIpc) is 3.24. The first-order chi connectivity index (χ1) is 12.0. The maximum atomic E-state index is 13.1. The molecular formula is C21H28N2O2. The van der Waals surface area contributed by atoms with Crippen molar-refractivity contribution in [3.63, 3.8) is 0 Å². The van der Waals surface area contributed by atoms with Crippen molar-refractivity contribution in [2.24, 2.45) is 5.92 Å².